The largest absolute Gasteiger partial charge is 0.375 e. The first-order valence-corrected chi connectivity index (χ1v) is 7.61. The molecule has 2 amide bonds. The Labute approximate surface area is 147 Å². The van der Waals surface area contributed by atoms with Crippen molar-refractivity contribution in [2.75, 3.05) is 17.7 Å². The Morgan fingerprint density at radius 1 is 1.32 bits per heavy atom. The van der Waals surface area contributed by atoms with E-state index >= 15 is 0 Å². The summed E-state index contributed by atoms with van der Waals surface area (Å²) in [5.41, 5.74) is 1.51. The molecule has 1 unspecified atom stereocenters. The Hall–Kier alpha value is -2.78. The van der Waals surface area contributed by atoms with Crippen LogP contribution in [0.2, 0.25) is 5.02 Å². The maximum absolute atomic E-state index is 13.5. The van der Waals surface area contributed by atoms with Crippen LogP contribution in [0, 0.1) is 5.95 Å². The van der Waals surface area contributed by atoms with Gasteiger partial charge in [-0.05, 0) is 13.0 Å². The molecule has 0 aliphatic carbocycles. The van der Waals surface area contributed by atoms with Crippen LogP contribution >= 0.6 is 11.6 Å². The van der Waals surface area contributed by atoms with Gasteiger partial charge in [0.15, 0.2) is 5.65 Å². The maximum atomic E-state index is 13.5. The Bertz CT molecular complexity index is 932. The van der Waals surface area contributed by atoms with Gasteiger partial charge in [0.1, 0.15) is 0 Å². The molecule has 3 heterocycles. The van der Waals surface area contributed by atoms with Gasteiger partial charge in [0, 0.05) is 19.4 Å². The number of hydrogen-bond acceptors (Lipinski definition) is 5. The first-order valence-electron chi connectivity index (χ1n) is 7.23. The van der Waals surface area contributed by atoms with E-state index in [0.29, 0.717) is 27.7 Å². The number of methoxy groups -OCH3 is 1. The number of fused-ring (bicyclic) bond motifs is 1. The fraction of sp³-hybridized carbons (Fsp3) is 0.200. The minimum absolute atomic E-state index is 0.307. The maximum Gasteiger partial charge on any atom is 0.323 e. The zero-order chi connectivity index (χ0) is 18.0. The summed E-state index contributed by atoms with van der Waals surface area (Å²) in [6, 6.07) is 2.20. The molecule has 0 bridgehead atoms. The lowest BCUT2D eigenvalue weighted by atomic mass is 10.2. The van der Waals surface area contributed by atoms with Gasteiger partial charge in [0.05, 0.1) is 40.6 Å². The van der Waals surface area contributed by atoms with Crippen LogP contribution in [0.25, 0.3) is 5.65 Å². The zero-order valence-corrected chi connectivity index (χ0v) is 14.1. The summed E-state index contributed by atoms with van der Waals surface area (Å²) >= 11 is 5.83. The Balaban J connectivity index is 1.91. The molecule has 0 fully saturated rings. The molecule has 1 atom stereocenters. The third-order valence-corrected chi connectivity index (χ3v) is 3.65. The second-order valence-electron chi connectivity index (χ2n) is 5.14. The highest BCUT2D eigenvalue weighted by atomic mass is 35.5. The van der Waals surface area contributed by atoms with Crippen LogP contribution in [0.3, 0.4) is 0 Å². The summed E-state index contributed by atoms with van der Waals surface area (Å²) in [5, 5.41) is 9.39. The minimum atomic E-state index is -0.677. The number of halogens is 2. The number of aromatic nitrogens is 4. The topological polar surface area (TPSA) is 93.4 Å². The number of anilines is 2. The smallest absolute Gasteiger partial charge is 0.323 e. The molecular weight excluding hydrogens is 351 g/mol. The van der Waals surface area contributed by atoms with Crippen molar-refractivity contribution in [1.29, 1.82) is 0 Å². The minimum Gasteiger partial charge on any atom is -0.375 e. The first kappa shape index (κ1) is 17.1. The highest BCUT2D eigenvalue weighted by Crippen LogP contribution is 2.25. The molecule has 0 aliphatic heterocycles. The van der Waals surface area contributed by atoms with Crippen molar-refractivity contribution in [3.05, 3.63) is 47.4 Å². The van der Waals surface area contributed by atoms with Crippen molar-refractivity contribution >= 4 is 34.7 Å². The van der Waals surface area contributed by atoms with Gasteiger partial charge >= 0.3 is 6.03 Å². The summed E-state index contributed by atoms with van der Waals surface area (Å²) in [5.74, 6) is -0.677. The molecule has 0 spiro atoms. The lowest BCUT2D eigenvalue weighted by Gasteiger charge is -2.17. The second-order valence-corrected chi connectivity index (χ2v) is 5.58. The molecule has 25 heavy (non-hydrogen) atoms. The highest BCUT2D eigenvalue weighted by molar-refractivity contribution is 6.30. The van der Waals surface area contributed by atoms with E-state index in [1.807, 2.05) is 0 Å². The first-order chi connectivity index (χ1) is 12.0. The Morgan fingerprint density at radius 3 is 2.84 bits per heavy atom. The van der Waals surface area contributed by atoms with E-state index in [9.17, 15) is 9.18 Å². The molecule has 0 aromatic carbocycles. The molecule has 10 heteroatoms. The molecular formula is C15H14ClFN6O2. The van der Waals surface area contributed by atoms with Crippen LogP contribution in [0.5, 0.6) is 0 Å². The molecule has 2 N–H and O–H groups in total. The summed E-state index contributed by atoms with van der Waals surface area (Å²) in [7, 11) is 1.50. The average Bonchev–Trinajstić information content (AvgIpc) is 2.94. The molecule has 3 aromatic heterocycles. The number of carbonyl (C=O) groups excluding carboxylic acids is 1. The number of hydrogen-bond donors (Lipinski definition) is 2. The highest BCUT2D eigenvalue weighted by Gasteiger charge is 2.19. The van der Waals surface area contributed by atoms with E-state index in [0.717, 1.165) is 0 Å². The van der Waals surface area contributed by atoms with Gasteiger partial charge in [0.25, 0.3) is 0 Å². The van der Waals surface area contributed by atoms with Crippen LogP contribution < -0.4 is 10.6 Å². The lowest BCUT2D eigenvalue weighted by molar-refractivity contribution is 0.114. The second kappa shape index (κ2) is 6.99. The van der Waals surface area contributed by atoms with Gasteiger partial charge in [0.2, 0.25) is 5.95 Å². The van der Waals surface area contributed by atoms with E-state index in [1.165, 1.54) is 36.3 Å². The van der Waals surface area contributed by atoms with Gasteiger partial charge in [-0.2, -0.15) is 4.39 Å². The van der Waals surface area contributed by atoms with E-state index in [-0.39, 0.29) is 0 Å². The molecule has 0 radical (unpaired) electrons. The fourth-order valence-corrected chi connectivity index (χ4v) is 2.46. The van der Waals surface area contributed by atoms with Gasteiger partial charge in [-0.3, -0.25) is 4.98 Å². The summed E-state index contributed by atoms with van der Waals surface area (Å²) in [6.07, 6.45) is 3.85. The monoisotopic (exact) mass is 364 g/mol. The van der Waals surface area contributed by atoms with Crippen molar-refractivity contribution in [3.63, 3.8) is 0 Å². The average molecular weight is 365 g/mol. The molecule has 3 aromatic rings. The predicted molar refractivity (Wildman–Crippen MR) is 90.3 cm³/mol. The fourth-order valence-electron chi connectivity index (χ4n) is 2.29. The van der Waals surface area contributed by atoms with Gasteiger partial charge in [-0.25, -0.2) is 14.3 Å². The van der Waals surface area contributed by atoms with Crippen LogP contribution in [-0.4, -0.2) is 32.7 Å². The SMILES string of the molecule is COC(C)c1c(NC(=O)Nc2cncc(Cl)c2)cnc2cc(F)nn12. The standard InChI is InChI=1S/C15H14ClFN6O2/c1-8(25-2)14-11(7-19-13-4-12(17)22-23(13)14)21-15(24)20-10-3-9(16)5-18-6-10/h3-8H,1-2H3,(H2,20,21,24). The normalized spacial score (nSPS) is 12.2. The van der Waals surface area contributed by atoms with Gasteiger partial charge in [-0.1, -0.05) is 11.6 Å². The van der Waals surface area contributed by atoms with E-state index in [4.69, 9.17) is 16.3 Å². The summed E-state index contributed by atoms with van der Waals surface area (Å²) < 4.78 is 20.0. The van der Waals surface area contributed by atoms with E-state index in [1.54, 1.807) is 13.0 Å². The number of ether oxygens (including phenoxy) is 1. The van der Waals surface area contributed by atoms with Crippen LogP contribution in [0.15, 0.2) is 30.7 Å². The molecule has 0 saturated heterocycles. The molecule has 3 rings (SSSR count). The molecule has 0 aliphatic rings. The molecule has 130 valence electrons. The molecule has 8 nitrogen and oxygen atoms in total. The lowest BCUT2D eigenvalue weighted by Crippen LogP contribution is -2.22. The summed E-state index contributed by atoms with van der Waals surface area (Å²) in [6.45, 7) is 1.75. The van der Waals surface area contributed by atoms with Crippen molar-refractivity contribution < 1.29 is 13.9 Å². The van der Waals surface area contributed by atoms with Crippen LogP contribution in [0.4, 0.5) is 20.6 Å². The Kier molecular flexibility index (Phi) is 4.77. The number of rotatable bonds is 4. The number of nitrogens with zero attached hydrogens (tertiary/aromatic N) is 4. The van der Waals surface area contributed by atoms with E-state index < -0.39 is 18.1 Å². The number of pyridine rings is 1. The number of amides is 2. The number of nitrogens with one attached hydrogen (secondary N) is 2. The van der Waals surface area contributed by atoms with Gasteiger partial charge in [-0.15, -0.1) is 5.10 Å². The van der Waals surface area contributed by atoms with Crippen LogP contribution in [-0.2, 0) is 4.74 Å². The Morgan fingerprint density at radius 2 is 2.12 bits per heavy atom. The van der Waals surface area contributed by atoms with E-state index in [2.05, 4.69) is 25.7 Å². The molecule has 0 saturated carbocycles. The number of urea groups is 1. The van der Waals surface area contributed by atoms with Crippen molar-refractivity contribution in [2.24, 2.45) is 0 Å². The van der Waals surface area contributed by atoms with Crippen molar-refractivity contribution in [2.45, 2.75) is 13.0 Å². The van der Waals surface area contributed by atoms with Crippen molar-refractivity contribution in [1.82, 2.24) is 19.6 Å². The quantitative estimate of drug-likeness (QED) is 0.741. The zero-order valence-electron chi connectivity index (χ0n) is 13.3. The van der Waals surface area contributed by atoms with Crippen LogP contribution in [0.1, 0.15) is 18.7 Å². The summed E-state index contributed by atoms with van der Waals surface area (Å²) in [4.78, 5) is 20.2. The number of carbonyl (C=O) groups is 1. The predicted octanol–water partition coefficient (Wildman–Crippen LogP) is 3.27. The van der Waals surface area contributed by atoms with Gasteiger partial charge < -0.3 is 15.4 Å². The third-order valence-electron chi connectivity index (χ3n) is 3.44. The third kappa shape index (κ3) is 3.67. The van der Waals surface area contributed by atoms with Crippen molar-refractivity contribution in [3.8, 4) is 0 Å².